The highest BCUT2D eigenvalue weighted by Crippen LogP contribution is 2.44. The molecule has 1 fully saturated rings. The van der Waals surface area contributed by atoms with Crippen molar-refractivity contribution in [2.45, 2.75) is 31.8 Å². The predicted molar refractivity (Wildman–Crippen MR) is 129 cm³/mol. The van der Waals surface area contributed by atoms with Crippen molar-refractivity contribution < 1.29 is 19.1 Å². The van der Waals surface area contributed by atoms with Gasteiger partial charge in [-0.3, -0.25) is 19.3 Å². The molecule has 172 valence electrons. The van der Waals surface area contributed by atoms with Crippen LogP contribution in [0.3, 0.4) is 0 Å². The van der Waals surface area contributed by atoms with Crippen LogP contribution >= 0.6 is 11.6 Å². The van der Waals surface area contributed by atoms with Gasteiger partial charge in [-0.05, 0) is 60.5 Å². The van der Waals surface area contributed by atoms with E-state index in [-0.39, 0.29) is 5.91 Å². The standard InChI is InChI=1S/C27H23ClN2O4/c1-2-3-16-34-20-14-8-17(9-15-20)23-24(27(33)29(23)19-12-10-18(28)11-13-19)30-25(31)21-6-4-5-7-22(21)26(30)32/h4-15,23-24H,2-3,16H2,1H3. The Bertz CT molecular complexity index is 1220. The first kappa shape index (κ1) is 22.2. The van der Waals surface area contributed by atoms with Crippen molar-refractivity contribution >= 4 is 35.0 Å². The molecular weight excluding hydrogens is 452 g/mol. The van der Waals surface area contributed by atoms with Gasteiger partial charge in [0, 0.05) is 10.7 Å². The zero-order valence-corrected chi connectivity index (χ0v) is 19.4. The maximum absolute atomic E-state index is 13.4. The van der Waals surface area contributed by atoms with Gasteiger partial charge in [-0.2, -0.15) is 0 Å². The Balaban J connectivity index is 1.50. The fourth-order valence-corrected chi connectivity index (χ4v) is 4.63. The molecule has 2 aliphatic rings. The first-order valence-corrected chi connectivity index (χ1v) is 11.7. The number of nitrogens with zero attached hydrogens (tertiary/aromatic N) is 2. The Labute approximate surface area is 202 Å². The van der Waals surface area contributed by atoms with Crippen LogP contribution in [0.2, 0.25) is 5.02 Å². The summed E-state index contributed by atoms with van der Waals surface area (Å²) in [5, 5.41) is 0.554. The number of hydrogen-bond acceptors (Lipinski definition) is 4. The zero-order chi connectivity index (χ0) is 23.8. The largest absolute Gasteiger partial charge is 0.494 e. The first-order chi connectivity index (χ1) is 16.5. The second-order valence-corrected chi connectivity index (χ2v) is 8.81. The van der Waals surface area contributed by atoms with Crippen LogP contribution in [0, 0.1) is 0 Å². The molecule has 0 aliphatic carbocycles. The fraction of sp³-hybridized carbons (Fsp3) is 0.222. The summed E-state index contributed by atoms with van der Waals surface area (Å²) in [6.07, 6.45) is 2.01. The highest BCUT2D eigenvalue weighted by atomic mass is 35.5. The minimum Gasteiger partial charge on any atom is -0.494 e. The monoisotopic (exact) mass is 474 g/mol. The summed E-state index contributed by atoms with van der Waals surface area (Å²) in [6.45, 7) is 2.73. The second kappa shape index (κ2) is 8.95. The van der Waals surface area contributed by atoms with E-state index in [1.54, 1.807) is 53.4 Å². The van der Waals surface area contributed by atoms with Crippen LogP contribution in [0.5, 0.6) is 5.75 Å². The van der Waals surface area contributed by atoms with Gasteiger partial charge in [0.25, 0.3) is 17.7 Å². The average Bonchev–Trinajstić information content (AvgIpc) is 3.10. The Morgan fingerprint density at radius 2 is 1.41 bits per heavy atom. The van der Waals surface area contributed by atoms with Gasteiger partial charge in [-0.25, -0.2) is 0 Å². The number of fused-ring (bicyclic) bond motifs is 1. The van der Waals surface area contributed by atoms with E-state index in [9.17, 15) is 14.4 Å². The summed E-state index contributed by atoms with van der Waals surface area (Å²) in [4.78, 5) is 42.4. The van der Waals surface area contributed by atoms with Crippen LogP contribution < -0.4 is 9.64 Å². The van der Waals surface area contributed by atoms with Gasteiger partial charge >= 0.3 is 0 Å². The van der Waals surface area contributed by atoms with E-state index in [1.807, 2.05) is 24.3 Å². The first-order valence-electron chi connectivity index (χ1n) is 11.3. The van der Waals surface area contributed by atoms with E-state index in [0.29, 0.717) is 28.4 Å². The van der Waals surface area contributed by atoms with Crippen LogP contribution in [0.1, 0.15) is 52.1 Å². The lowest BCUT2D eigenvalue weighted by Crippen LogP contribution is -2.67. The number of carbonyl (C=O) groups excluding carboxylic acids is 3. The van der Waals surface area contributed by atoms with E-state index in [0.717, 1.165) is 29.1 Å². The number of imide groups is 1. The number of unbranched alkanes of at least 4 members (excludes halogenated alkanes) is 1. The van der Waals surface area contributed by atoms with Gasteiger partial charge in [-0.15, -0.1) is 0 Å². The smallest absolute Gasteiger partial charge is 0.262 e. The molecule has 34 heavy (non-hydrogen) atoms. The molecule has 2 aliphatic heterocycles. The normalized spacial score (nSPS) is 19.3. The number of hydrogen-bond donors (Lipinski definition) is 0. The Kier molecular flexibility index (Phi) is 5.84. The van der Waals surface area contributed by atoms with Crippen molar-refractivity contribution in [1.82, 2.24) is 4.90 Å². The number of amides is 3. The van der Waals surface area contributed by atoms with Gasteiger partial charge in [0.15, 0.2) is 0 Å². The van der Waals surface area contributed by atoms with Crippen LogP contribution in [-0.2, 0) is 4.79 Å². The molecule has 0 N–H and O–H groups in total. The zero-order valence-electron chi connectivity index (χ0n) is 18.6. The summed E-state index contributed by atoms with van der Waals surface area (Å²) in [7, 11) is 0. The predicted octanol–water partition coefficient (Wildman–Crippen LogP) is 5.27. The van der Waals surface area contributed by atoms with Crippen molar-refractivity contribution in [3.63, 3.8) is 0 Å². The van der Waals surface area contributed by atoms with Crippen LogP contribution in [0.4, 0.5) is 5.69 Å². The Morgan fingerprint density at radius 1 is 0.794 bits per heavy atom. The van der Waals surface area contributed by atoms with Crippen molar-refractivity contribution in [2.75, 3.05) is 11.5 Å². The quantitative estimate of drug-likeness (QED) is 0.266. The molecule has 0 aromatic heterocycles. The lowest BCUT2D eigenvalue weighted by Gasteiger charge is -2.49. The molecule has 0 bridgehead atoms. The number of anilines is 1. The van der Waals surface area contributed by atoms with E-state index >= 15 is 0 Å². The molecule has 6 nitrogen and oxygen atoms in total. The summed E-state index contributed by atoms with van der Waals surface area (Å²) in [6, 6.07) is 19.6. The van der Waals surface area contributed by atoms with Crippen molar-refractivity contribution in [3.05, 3.63) is 94.5 Å². The number of β-lactam (4-membered cyclic amide) rings is 1. The highest BCUT2D eigenvalue weighted by molar-refractivity contribution is 6.30. The van der Waals surface area contributed by atoms with Gasteiger partial charge in [-0.1, -0.05) is 49.2 Å². The molecule has 1 saturated heterocycles. The van der Waals surface area contributed by atoms with Crippen LogP contribution in [0.15, 0.2) is 72.8 Å². The highest BCUT2D eigenvalue weighted by Gasteiger charge is 2.57. The summed E-state index contributed by atoms with van der Waals surface area (Å²) >= 11 is 6.04. The molecule has 5 rings (SSSR count). The maximum Gasteiger partial charge on any atom is 0.262 e. The van der Waals surface area contributed by atoms with Crippen molar-refractivity contribution in [3.8, 4) is 5.75 Å². The number of rotatable bonds is 7. The molecule has 3 amide bonds. The molecule has 7 heteroatoms. The van der Waals surface area contributed by atoms with Gasteiger partial charge < -0.3 is 9.64 Å². The summed E-state index contributed by atoms with van der Waals surface area (Å²) < 4.78 is 5.77. The molecular formula is C27H23ClN2O4. The lowest BCUT2D eigenvalue weighted by molar-refractivity contribution is -0.130. The third-order valence-corrected chi connectivity index (χ3v) is 6.52. The molecule has 3 aromatic carbocycles. The van der Waals surface area contributed by atoms with E-state index in [2.05, 4.69) is 6.92 Å². The third kappa shape index (κ3) is 3.64. The number of ether oxygens (including phenoxy) is 1. The Hall–Kier alpha value is -3.64. The maximum atomic E-state index is 13.4. The molecule has 2 atom stereocenters. The SMILES string of the molecule is CCCCOc1ccc(C2C(N3C(=O)c4ccccc4C3=O)C(=O)N2c2ccc(Cl)cc2)cc1. The third-order valence-electron chi connectivity index (χ3n) is 6.26. The van der Waals surface area contributed by atoms with Crippen LogP contribution in [0.25, 0.3) is 0 Å². The minimum absolute atomic E-state index is 0.315. The molecule has 0 saturated carbocycles. The molecule has 0 radical (unpaired) electrons. The molecule has 0 spiro atoms. The number of halogens is 1. The van der Waals surface area contributed by atoms with Gasteiger partial charge in [0.2, 0.25) is 0 Å². The molecule has 3 aromatic rings. The summed E-state index contributed by atoms with van der Waals surface area (Å²) in [5.74, 6) is -0.471. The van der Waals surface area contributed by atoms with Crippen LogP contribution in [-0.4, -0.2) is 35.3 Å². The fourth-order valence-electron chi connectivity index (χ4n) is 4.50. The lowest BCUT2D eigenvalue weighted by atomic mass is 9.86. The van der Waals surface area contributed by atoms with Crippen molar-refractivity contribution in [2.24, 2.45) is 0 Å². The van der Waals surface area contributed by atoms with Gasteiger partial charge in [0.05, 0.1) is 23.8 Å². The number of benzene rings is 3. The number of carbonyl (C=O) groups is 3. The van der Waals surface area contributed by atoms with E-state index in [4.69, 9.17) is 16.3 Å². The van der Waals surface area contributed by atoms with Crippen molar-refractivity contribution in [1.29, 1.82) is 0 Å². The minimum atomic E-state index is -0.935. The summed E-state index contributed by atoms with van der Waals surface area (Å²) in [5.41, 5.74) is 2.10. The topological polar surface area (TPSA) is 66.9 Å². The van der Waals surface area contributed by atoms with E-state index in [1.165, 1.54) is 0 Å². The molecule has 2 unspecified atom stereocenters. The average molecular weight is 475 g/mol. The Morgan fingerprint density at radius 3 is 2.00 bits per heavy atom. The van der Waals surface area contributed by atoms with Gasteiger partial charge in [0.1, 0.15) is 11.8 Å². The second-order valence-electron chi connectivity index (χ2n) is 8.37. The van der Waals surface area contributed by atoms with E-state index < -0.39 is 23.9 Å². The molecule has 2 heterocycles.